The Morgan fingerprint density at radius 1 is 0.969 bits per heavy atom. The van der Waals surface area contributed by atoms with Gasteiger partial charge >= 0.3 is 0 Å². The molecule has 4 rings (SSSR count). The van der Waals surface area contributed by atoms with Gasteiger partial charge in [0.25, 0.3) is 10.0 Å². The van der Waals surface area contributed by atoms with Crippen molar-refractivity contribution in [2.24, 2.45) is 0 Å². The van der Waals surface area contributed by atoms with Crippen LogP contribution in [-0.4, -0.2) is 13.4 Å². The van der Waals surface area contributed by atoms with Gasteiger partial charge in [0.05, 0.1) is 31.9 Å². The average molecular weight is 560 g/mol. The molecule has 0 fully saturated rings. The molecule has 32 heavy (non-hydrogen) atoms. The molecular formula is C21H11BrCl2F2N2O3S. The normalized spacial score (nSPS) is 11.5. The Morgan fingerprint density at radius 2 is 1.66 bits per heavy atom. The molecule has 0 atom stereocenters. The van der Waals surface area contributed by atoms with Gasteiger partial charge in [0, 0.05) is 5.39 Å². The molecule has 0 saturated carbocycles. The van der Waals surface area contributed by atoms with Gasteiger partial charge in [-0.1, -0.05) is 41.4 Å². The summed E-state index contributed by atoms with van der Waals surface area (Å²) in [5.74, 6) is -1.62. The summed E-state index contributed by atoms with van der Waals surface area (Å²) in [6.07, 6.45) is 1.50. The van der Waals surface area contributed by atoms with Crippen LogP contribution >= 0.6 is 39.1 Å². The fourth-order valence-corrected chi connectivity index (χ4v) is 4.85. The number of aromatic nitrogens is 1. The van der Waals surface area contributed by atoms with Gasteiger partial charge in [-0.3, -0.25) is 9.71 Å². The van der Waals surface area contributed by atoms with Gasteiger partial charge < -0.3 is 4.74 Å². The van der Waals surface area contributed by atoms with Crippen LogP contribution in [0.3, 0.4) is 0 Å². The number of hydrogen-bond acceptors (Lipinski definition) is 4. The number of sulfonamides is 1. The molecule has 4 aromatic rings. The smallest absolute Gasteiger partial charge is 0.264 e. The lowest BCUT2D eigenvalue weighted by atomic mass is 10.2. The van der Waals surface area contributed by atoms with Gasteiger partial charge in [-0.25, -0.2) is 17.2 Å². The Hall–Kier alpha value is -2.46. The van der Waals surface area contributed by atoms with Crippen molar-refractivity contribution in [1.29, 1.82) is 0 Å². The van der Waals surface area contributed by atoms with E-state index in [0.717, 1.165) is 17.0 Å². The highest BCUT2D eigenvalue weighted by Gasteiger charge is 2.23. The number of para-hydroxylation sites is 1. The van der Waals surface area contributed by atoms with Gasteiger partial charge in [0.1, 0.15) is 22.3 Å². The SMILES string of the molecule is O=S(=O)(Nc1cc(Cl)c(Oc2cnc3ccccc3c2)c(Cl)c1)c1cc(F)c(Br)cc1F. The summed E-state index contributed by atoms with van der Waals surface area (Å²) in [7, 11) is -4.47. The van der Waals surface area contributed by atoms with Crippen molar-refractivity contribution in [1.82, 2.24) is 4.98 Å². The minimum absolute atomic E-state index is 0.00850. The first-order chi connectivity index (χ1) is 15.1. The van der Waals surface area contributed by atoms with Crippen LogP contribution in [0.1, 0.15) is 0 Å². The summed E-state index contributed by atoms with van der Waals surface area (Å²) in [6, 6.07) is 12.9. The number of halogens is 5. The van der Waals surface area contributed by atoms with Gasteiger partial charge in [-0.05, 0) is 52.3 Å². The zero-order valence-corrected chi connectivity index (χ0v) is 19.7. The van der Waals surface area contributed by atoms with Crippen LogP contribution in [0.5, 0.6) is 11.5 Å². The fraction of sp³-hybridized carbons (Fsp3) is 0. The lowest BCUT2D eigenvalue weighted by molar-refractivity contribution is 0.482. The quantitative estimate of drug-likeness (QED) is 0.263. The zero-order chi connectivity index (χ0) is 23.0. The maximum atomic E-state index is 14.1. The fourth-order valence-electron chi connectivity index (χ4n) is 2.86. The zero-order valence-electron chi connectivity index (χ0n) is 15.7. The van der Waals surface area contributed by atoms with Crippen LogP contribution in [0.15, 0.2) is 70.2 Å². The molecule has 1 heterocycles. The summed E-state index contributed by atoms with van der Waals surface area (Å²) in [5.41, 5.74) is 0.713. The van der Waals surface area contributed by atoms with Crippen molar-refractivity contribution in [3.8, 4) is 11.5 Å². The number of ether oxygens (including phenoxy) is 1. The summed E-state index contributed by atoms with van der Waals surface area (Å²) in [6.45, 7) is 0. The summed E-state index contributed by atoms with van der Waals surface area (Å²) >= 11 is 15.3. The predicted molar refractivity (Wildman–Crippen MR) is 123 cm³/mol. The monoisotopic (exact) mass is 558 g/mol. The van der Waals surface area contributed by atoms with Crippen LogP contribution in [0.4, 0.5) is 14.5 Å². The van der Waals surface area contributed by atoms with E-state index in [9.17, 15) is 17.2 Å². The molecule has 0 aliphatic carbocycles. The molecule has 0 aliphatic heterocycles. The second-order valence-corrected chi connectivity index (χ2v) is 9.86. The van der Waals surface area contributed by atoms with Crippen molar-refractivity contribution < 1.29 is 21.9 Å². The minimum atomic E-state index is -4.47. The number of fused-ring (bicyclic) bond motifs is 1. The summed E-state index contributed by atoms with van der Waals surface area (Å²) in [5, 5.41) is 0.821. The Balaban J connectivity index is 1.63. The van der Waals surface area contributed by atoms with Crippen LogP contribution < -0.4 is 9.46 Å². The van der Waals surface area contributed by atoms with E-state index in [2.05, 4.69) is 25.6 Å². The van der Waals surface area contributed by atoms with Gasteiger partial charge in [-0.15, -0.1) is 0 Å². The molecule has 0 aliphatic rings. The van der Waals surface area contributed by atoms with E-state index < -0.39 is 26.6 Å². The van der Waals surface area contributed by atoms with Crippen LogP contribution in [0.25, 0.3) is 10.9 Å². The minimum Gasteiger partial charge on any atom is -0.453 e. The average Bonchev–Trinajstić information content (AvgIpc) is 2.73. The first-order valence-electron chi connectivity index (χ1n) is 8.83. The number of rotatable bonds is 5. The van der Waals surface area contributed by atoms with E-state index in [1.165, 1.54) is 18.3 Å². The Labute approximate surface area is 200 Å². The predicted octanol–water partition coefficient (Wildman–Crippen LogP) is 7.18. The Kier molecular flexibility index (Phi) is 6.26. The van der Waals surface area contributed by atoms with E-state index in [4.69, 9.17) is 27.9 Å². The molecule has 5 nitrogen and oxygen atoms in total. The number of nitrogens with zero attached hydrogens (tertiary/aromatic N) is 1. The van der Waals surface area contributed by atoms with Crippen molar-refractivity contribution in [3.63, 3.8) is 0 Å². The van der Waals surface area contributed by atoms with Crippen LogP contribution in [0, 0.1) is 11.6 Å². The Bertz CT molecular complexity index is 1450. The first kappa shape index (κ1) is 22.7. The molecule has 0 radical (unpaired) electrons. The first-order valence-corrected chi connectivity index (χ1v) is 11.9. The number of nitrogens with one attached hydrogen (secondary N) is 1. The molecule has 164 valence electrons. The largest absolute Gasteiger partial charge is 0.453 e. The van der Waals surface area contributed by atoms with Gasteiger partial charge in [0.15, 0.2) is 5.75 Å². The number of anilines is 1. The molecular weight excluding hydrogens is 549 g/mol. The van der Waals surface area contributed by atoms with Crippen molar-refractivity contribution in [2.45, 2.75) is 4.90 Å². The highest BCUT2D eigenvalue weighted by atomic mass is 79.9. The van der Waals surface area contributed by atoms with E-state index in [-0.39, 0.29) is 26.0 Å². The van der Waals surface area contributed by atoms with E-state index in [1.807, 2.05) is 24.3 Å². The summed E-state index contributed by atoms with van der Waals surface area (Å²) < 4.78 is 60.6. The van der Waals surface area contributed by atoms with E-state index >= 15 is 0 Å². The summed E-state index contributed by atoms with van der Waals surface area (Å²) in [4.78, 5) is 3.42. The van der Waals surface area contributed by atoms with Gasteiger partial charge in [-0.2, -0.15) is 0 Å². The second-order valence-electron chi connectivity index (χ2n) is 6.54. The molecule has 0 bridgehead atoms. The maximum Gasteiger partial charge on any atom is 0.264 e. The third-order valence-electron chi connectivity index (χ3n) is 4.30. The van der Waals surface area contributed by atoms with Crippen molar-refractivity contribution in [3.05, 3.63) is 86.9 Å². The highest BCUT2D eigenvalue weighted by molar-refractivity contribution is 9.10. The van der Waals surface area contributed by atoms with Crippen molar-refractivity contribution >= 4 is 65.7 Å². The molecule has 11 heteroatoms. The van der Waals surface area contributed by atoms with E-state index in [0.29, 0.717) is 11.8 Å². The molecule has 0 amide bonds. The lowest BCUT2D eigenvalue weighted by Crippen LogP contribution is -2.15. The molecule has 3 aromatic carbocycles. The highest BCUT2D eigenvalue weighted by Crippen LogP contribution is 2.39. The third-order valence-corrected chi connectivity index (χ3v) is 6.87. The molecule has 0 saturated heterocycles. The van der Waals surface area contributed by atoms with Crippen LogP contribution in [0.2, 0.25) is 10.0 Å². The Morgan fingerprint density at radius 3 is 2.38 bits per heavy atom. The van der Waals surface area contributed by atoms with Gasteiger partial charge in [0.2, 0.25) is 0 Å². The lowest BCUT2D eigenvalue weighted by Gasteiger charge is -2.14. The standard InChI is InChI=1S/C21H11BrCl2F2N2O3S/c22-14-8-18(26)20(9-17(14)25)32(29,30)28-12-6-15(23)21(16(24)7-12)31-13-5-11-3-1-2-4-19(11)27-10-13/h1-10,28H. The van der Waals surface area contributed by atoms with E-state index in [1.54, 1.807) is 6.07 Å². The third kappa shape index (κ3) is 4.66. The topological polar surface area (TPSA) is 68.3 Å². The van der Waals surface area contributed by atoms with Crippen LogP contribution in [-0.2, 0) is 10.0 Å². The number of benzene rings is 3. The van der Waals surface area contributed by atoms with Crippen molar-refractivity contribution in [2.75, 3.05) is 4.72 Å². The number of pyridine rings is 1. The molecule has 0 unspecified atom stereocenters. The number of hydrogen-bond donors (Lipinski definition) is 1. The molecule has 0 spiro atoms. The second kappa shape index (κ2) is 8.82. The maximum absolute atomic E-state index is 14.1. The molecule has 1 N–H and O–H groups in total. The molecule has 1 aromatic heterocycles.